The lowest BCUT2D eigenvalue weighted by Gasteiger charge is -2.26. The van der Waals surface area contributed by atoms with Gasteiger partial charge in [-0.05, 0) is 40.6 Å². The maximum absolute atomic E-state index is 13.5. The highest BCUT2D eigenvalue weighted by Gasteiger charge is 2.24. The minimum atomic E-state index is -0.807. The number of carbonyl (C=O) groups excluding carboxylic acids is 2. The number of carbonyl (C=O) groups is 2. The first-order valence-corrected chi connectivity index (χ1v) is 13.3. The van der Waals surface area contributed by atoms with Gasteiger partial charge in [0.15, 0.2) is 5.75 Å². The van der Waals surface area contributed by atoms with E-state index >= 15 is 0 Å². The molecule has 0 bridgehead atoms. The zero-order valence-corrected chi connectivity index (χ0v) is 23.6. The number of ketones is 1. The lowest BCUT2D eigenvalue weighted by atomic mass is 9.86. The number of anilines is 3. The van der Waals surface area contributed by atoms with Gasteiger partial charge in [0.2, 0.25) is 11.8 Å². The first-order chi connectivity index (χ1) is 19.7. The van der Waals surface area contributed by atoms with E-state index in [2.05, 4.69) is 15.3 Å². The maximum atomic E-state index is 13.5. The van der Waals surface area contributed by atoms with Gasteiger partial charge in [0.1, 0.15) is 5.75 Å². The van der Waals surface area contributed by atoms with Crippen molar-refractivity contribution in [3.8, 4) is 17.4 Å². The maximum Gasteiger partial charge on any atom is 0.296 e. The summed E-state index contributed by atoms with van der Waals surface area (Å²) >= 11 is 0. The van der Waals surface area contributed by atoms with Gasteiger partial charge in [-0.1, -0.05) is 45.0 Å². The number of nitrogens with one attached hydrogen (secondary N) is 1. The number of hydrogen-bond acceptors (Lipinski definition) is 9. The minimum absolute atomic E-state index is 0.234. The Morgan fingerprint density at radius 2 is 1.76 bits per heavy atom. The molecule has 5 rings (SSSR count). The third kappa shape index (κ3) is 5.92. The van der Waals surface area contributed by atoms with Crippen LogP contribution in [0.1, 0.15) is 36.7 Å². The number of aromatic nitrogens is 2. The first-order valence-electron chi connectivity index (χ1n) is 13.3. The predicted octanol–water partition coefficient (Wildman–Crippen LogP) is 4.97. The molecule has 212 valence electrons. The molecule has 0 saturated carbocycles. The van der Waals surface area contributed by atoms with Gasteiger partial charge in [-0.25, -0.2) is 4.98 Å². The molecule has 1 aliphatic rings. The second kappa shape index (κ2) is 11.4. The summed E-state index contributed by atoms with van der Waals surface area (Å²) in [5.41, 5.74) is 7.81. The van der Waals surface area contributed by atoms with Gasteiger partial charge in [0.25, 0.3) is 11.7 Å². The Hall–Kier alpha value is -4.70. The third-order valence-electron chi connectivity index (χ3n) is 6.90. The van der Waals surface area contributed by atoms with Gasteiger partial charge in [-0.15, -0.1) is 0 Å². The van der Waals surface area contributed by atoms with Gasteiger partial charge >= 0.3 is 0 Å². The van der Waals surface area contributed by atoms with Crippen molar-refractivity contribution in [1.82, 2.24) is 9.97 Å². The fourth-order valence-electron chi connectivity index (χ4n) is 4.68. The van der Waals surface area contributed by atoms with E-state index < -0.39 is 11.7 Å². The number of rotatable bonds is 7. The Balaban J connectivity index is 1.43. The number of nitrogens with two attached hydrogens (primary N) is 1. The topological polar surface area (TPSA) is 129 Å². The summed E-state index contributed by atoms with van der Waals surface area (Å²) in [5.74, 6) is 0.215. The van der Waals surface area contributed by atoms with Crippen LogP contribution in [-0.2, 0) is 14.9 Å². The van der Waals surface area contributed by atoms with Crippen LogP contribution in [0.15, 0.2) is 60.8 Å². The Morgan fingerprint density at radius 3 is 2.46 bits per heavy atom. The highest BCUT2D eigenvalue weighted by Crippen LogP contribution is 2.37. The van der Waals surface area contributed by atoms with E-state index in [0.717, 1.165) is 5.56 Å². The van der Waals surface area contributed by atoms with Crippen LogP contribution in [0.25, 0.3) is 10.8 Å². The van der Waals surface area contributed by atoms with Crippen LogP contribution in [0, 0.1) is 0 Å². The van der Waals surface area contributed by atoms with Crippen LogP contribution < -0.4 is 25.4 Å². The Bertz CT molecular complexity index is 1610. The number of Topliss-reactive ketones (excluding diaryl/α,β-unsaturated/α-hetero) is 1. The SMILES string of the molecule is COc1c(N)cc(C(C)(C)C)cc1NC(=O)C(=O)c1ccc(Oc2ccnc(N3CCOCC3)n2)c2ccccc12. The molecule has 1 aromatic heterocycles. The molecular formula is C31H33N5O5. The molecule has 0 atom stereocenters. The molecule has 4 aromatic rings. The van der Waals surface area contributed by atoms with Crippen molar-refractivity contribution in [2.24, 2.45) is 0 Å². The van der Waals surface area contributed by atoms with E-state index in [1.807, 2.05) is 43.9 Å². The minimum Gasteiger partial charge on any atom is -0.492 e. The fourth-order valence-corrected chi connectivity index (χ4v) is 4.68. The molecule has 0 aliphatic carbocycles. The number of fused-ring (bicyclic) bond motifs is 1. The zero-order chi connectivity index (χ0) is 29.1. The number of nitrogen functional groups attached to an aromatic ring is 1. The van der Waals surface area contributed by atoms with E-state index in [0.29, 0.717) is 71.8 Å². The first kappa shape index (κ1) is 27.9. The average molecular weight is 556 g/mol. The molecule has 1 aliphatic heterocycles. The van der Waals surface area contributed by atoms with Gasteiger partial charge in [-0.3, -0.25) is 9.59 Å². The Kier molecular flexibility index (Phi) is 7.76. The van der Waals surface area contributed by atoms with E-state index in [-0.39, 0.29) is 11.0 Å². The molecule has 0 radical (unpaired) electrons. The monoisotopic (exact) mass is 555 g/mol. The van der Waals surface area contributed by atoms with Crippen LogP contribution in [0.2, 0.25) is 0 Å². The second-order valence-corrected chi connectivity index (χ2v) is 10.7. The number of amides is 1. The standard InChI is InChI=1S/C31H33N5O5/c1-31(2,3)19-17-23(32)28(39-4)24(18-19)34-29(38)27(37)22-9-10-25(21-8-6-5-7-20(21)22)41-26-11-12-33-30(35-26)36-13-15-40-16-14-36/h5-12,17-18H,13-16,32H2,1-4H3,(H,34,38). The van der Waals surface area contributed by atoms with Crippen molar-refractivity contribution in [2.45, 2.75) is 26.2 Å². The van der Waals surface area contributed by atoms with Crippen molar-refractivity contribution in [3.05, 3.63) is 71.9 Å². The average Bonchev–Trinajstić information content (AvgIpc) is 2.97. The molecule has 10 nitrogen and oxygen atoms in total. The number of morpholine rings is 1. The molecule has 10 heteroatoms. The molecule has 0 spiro atoms. The van der Waals surface area contributed by atoms with E-state index in [1.165, 1.54) is 7.11 Å². The van der Waals surface area contributed by atoms with Gasteiger partial charge in [0.05, 0.1) is 31.7 Å². The Morgan fingerprint density at radius 1 is 1.02 bits per heavy atom. The summed E-state index contributed by atoms with van der Waals surface area (Å²) < 4.78 is 17.0. The van der Waals surface area contributed by atoms with E-state index in [1.54, 1.807) is 42.6 Å². The lowest BCUT2D eigenvalue weighted by Crippen LogP contribution is -2.37. The van der Waals surface area contributed by atoms with Crippen LogP contribution in [0.5, 0.6) is 17.4 Å². The summed E-state index contributed by atoms with van der Waals surface area (Å²) in [6.07, 6.45) is 1.65. The van der Waals surface area contributed by atoms with Crippen molar-refractivity contribution in [2.75, 3.05) is 49.4 Å². The summed E-state index contributed by atoms with van der Waals surface area (Å²) in [6, 6.07) is 15.8. The molecule has 0 unspecified atom stereocenters. The number of ether oxygens (including phenoxy) is 3. The molecule has 2 heterocycles. The highest BCUT2D eigenvalue weighted by atomic mass is 16.5. The fraction of sp³-hybridized carbons (Fsp3) is 0.290. The van der Waals surface area contributed by atoms with Crippen LogP contribution in [-0.4, -0.2) is 55.1 Å². The van der Waals surface area contributed by atoms with Crippen LogP contribution in [0.4, 0.5) is 17.3 Å². The van der Waals surface area contributed by atoms with Crippen LogP contribution in [0.3, 0.4) is 0 Å². The largest absolute Gasteiger partial charge is 0.492 e. The van der Waals surface area contributed by atoms with Crippen molar-refractivity contribution < 1.29 is 23.8 Å². The van der Waals surface area contributed by atoms with Gasteiger partial charge in [-0.2, -0.15) is 4.98 Å². The van der Waals surface area contributed by atoms with Crippen molar-refractivity contribution >= 4 is 39.8 Å². The van der Waals surface area contributed by atoms with Crippen molar-refractivity contribution in [3.63, 3.8) is 0 Å². The molecule has 1 fully saturated rings. The Labute approximate surface area is 238 Å². The molecule has 1 amide bonds. The number of nitrogens with zero attached hydrogens (tertiary/aromatic N) is 3. The third-order valence-corrected chi connectivity index (χ3v) is 6.90. The van der Waals surface area contributed by atoms with Gasteiger partial charge < -0.3 is 30.2 Å². The lowest BCUT2D eigenvalue weighted by molar-refractivity contribution is -0.112. The quantitative estimate of drug-likeness (QED) is 0.184. The normalized spacial score (nSPS) is 13.6. The second-order valence-electron chi connectivity index (χ2n) is 10.7. The summed E-state index contributed by atoms with van der Waals surface area (Å²) in [6.45, 7) is 8.73. The molecule has 1 saturated heterocycles. The number of benzene rings is 3. The van der Waals surface area contributed by atoms with Gasteiger partial charge in [0, 0.05) is 36.3 Å². The number of methoxy groups -OCH3 is 1. The van der Waals surface area contributed by atoms with E-state index in [4.69, 9.17) is 19.9 Å². The predicted molar refractivity (Wildman–Crippen MR) is 158 cm³/mol. The zero-order valence-electron chi connectivity index (χ0n) is 23.6. The van der Waals surface area contributed by atoms with Crippen molar-refractivity contribution in [1.29, 1.82) is 0 Å². The van der Waals surface area contributed by atoms with Crippen LogP contribution >= 0.6 is 0 Å². The van der Waals surface area contributed by atoms with E-state index in [9.17, 15) is 9.59 Å². The smallest absolute Gasteiger partial charge is 0.296 e. The molecule has 3 N–H and O–H groups in total. The summed E-state index contributed by atoms with van der Waals surface area (Å²) in [7, 11) is 1.47. The molecular weight excluding hydrogens is 522 g/mol. The molecule has 41 heavy (non-hydrogen) atoms. The highest BCUT2D eigenvalue weighted by molar-refractivity contribution is 6.48. The summed E-state index contributed by atoms with van der Waals surface area (Å²) in [5, 5.41) is 3.95. The number of hydrogen-bond donors (Lipinski definition) is 2. The summed E-state index contributed by atoms with van der Waals surface area (Å²) in [4.78, 5) is 37.7. The molecule has 3 aromatic carbocycles.